The number of aliphatic hydroxyl groups excluding tert-OH is 1. The van der Waals surface area contributed by atoms with Gasteiger partial charge in [0.15, 0.2) is 0 Å². The number of amides is 1. The fraction of sp³-hybridized carbons (Fsp3) is 0.133. The third-order valence-electron chi connectivity index (χ3n) is 2.57. The number of nitrogens with one attached hydrogen (secondary N) is 1. The summed E-state index contributed by atoms with van der Waals surface area (Å²) in [5.74, 6) is 4.34. The van der Waals surface area contributed by atoms with E-state index in [2.05, 4.69) is 17.2 Å². The molecule has 0 atom stereocenters. The average molecular weight is 324 g/mol. The predicted octanol–water partition coefficient (Wildman–Crippen LogP) is 2.81. The van der Waals surface area contributed by atoms with Gasteiger partial charge in [-0.3, -0.25) is 4.79 Å². The summed E-state index contributed by atoms with van der Waals surface area (Å²) >= 11 is 7.02. The summed E-state index contributed by atoms with van der Waals surface area (Å²) in [7, 11) is 0. The van der Waals surface area contributed by atoms with Gasteiger partial charge in [0.05, 0.1) is 11.6 Å². The maximum atomic E-state index is 13.3. The normalized spacial score (nSPS) is 9.86. The van der Waals surface area contributed by atoms with Crippen LogP contribution in [0, 0.1) is 17.7 Å². The molecule has 2 N–H and O–H groups in total. The molecule has 2 aromatic rings. The van der Waals surface area contributed by atoms with Crippen LogP contribution in [0.3, 0.4) is 0 Å². The van der Waals surface area contributed by atoms with Crippen LogP contribution in [0.4, 0.5) is 4.39 Å². The van der Waals surface area contributed by atoms with Gasteiger partial charge in [0.1, 0.15) is 12.4 Å². The van der Waals surface area contributed by atoms with Gasteiger partial charge >= 0.3 is 0 Å². The molecule has 1 aromatic carbocycles. The number of carbonyl (C=O) groups excluding carboxylic acids is 1. The largest absolute Gasteiger partial charge is 0.384 e. The van der Waals surface area contributed by atoms with Crippen LogP contribution in [0.2, 0.25) is 5.02 Å². The van der Waals surface area contributed by atoms with Crippen LogP contribution < -0.4 is 5.32 Å². The third kappa shape index (κ3) is 4.30. The molecule has 2 rings (SSSR count). The molecular formula is C15H11ClFNO2S. The summed E-state index contributed by atoms with van der Waals surface area (Å²) in [5, 5.41) is 13.1. The molecular weight excluding hydrogens is 313 g/mol. The first-order valence-electron chi connectivity index (χ1n) is 6.00. The van der Waals surface area contributed by atoms with E-state index in [9.17, 15) is 9.18 Å². The highest BCUT2D eigenvalue weighted by molar-refractivity contribution is 7.10. The first-order valence-corrected chi connectivity index (χ1v) is 7.26. The second-order valence-electron chi connectivity index (χ2n) is 4.07. The van der Waals surface area contributed by atoms with E-state index >= 15 is 0 Å². The van der Waals surface area contributed by atoms with Crippen molar-refractivity contribution in [2.75, 3.05) is 6.61 Å². The van der Waals surface area contributed by atoms with E-state index in [1.165, 1.54) is 23.5 Å². The van der Waals surface area contributed by atoms with Crippen molar-refractivity contribution >= 4 is 28.8 Å². The second kappa shape index (κ2) is 7.23. The minimum atomic E-state index is -0.623. The van der Waals surface area contributed by atoms with Crippen molar-refractivity contribution in [3.05, 3.63) is 56.5 Å². The van der Waals surface area contributed by atoms with Gasteiger partial charge in [0.25, 0.3) is 5.91 Å². The van der Waals surface area contributed by atoms with Gasteiger partial charge < -0.3 is 10.4 Å². The fourth-order valence-electron chi connectivity index (χ4n) is 1.59. The van der Waals surface area contributed by atoms with E-state index in [4.69, 9.17) is 16.7 Å². The minimum Gasteiger partial charge on any atom is -0.384 e. The Morgan fingerprint density at radius 2 is 2.24 bits per heavy atom. The molecule has 0 aliphatic carbocycles. The second-order valence-corrected chi connectivity index (χ2v) is 5.48. The zero-order chi connectivity index (χ0) is 15.2. The zero-order valence-corrected chi connectivity index (χ0v) is 12.4. The van der Waals surface area contributed by atoms with Crippen molar-refractivity contribution in [2.24, 2.45) is 0 Å². The lowest BCUT2D eigenvalue weighted by molar-refractivity contribution is 0.0951. The summed E-state index contributed by atoms with van der Waals surface area (Å²) in [6.45, 7) is 0.137. The standard InChI is InChI=1S/C15H11ClFNO2S/c16-13-4-3-11(7-14(13)17)15(20)18-8-12-6-10(9-21-12)2-1-5-19/h3-4,6-7,9,19H,5,8H2,(H,18,20). The molecule has 0 bridgehead atoms. The van der Waals surface area contributed by atoms with E-state index in [0.717, 1.165) is 16.5 Å². The molecule has 1 amide bonds. The van der Waals surface area contributed by atoms with E-state index in [0.29, 0.717) is 6.54 Å². The van der Waals surface area contributed by atoms with Crippen molar-refractivity contribution < 1.29 is 14.3 Å². The SMILES string of the molecule is O=C(NCc1cc(C#CCO)cs1)c1ccc(Cl)c(F)c1. The Bertz CT molecular complexity index is 718. The summed E-state index contributed by atoms with van der Waals surface area (Å²) in [5.41, 5.74) is 1.00. The van der Waals surface area contributed by atoms with Gasteiger partial charge in [-0.2, -0.15) is 0 Å². The molecule has 1 heterocycles. The Hall–Kier alpha value is -1.87. The monoisotopic (exact) mass is 323 g/mol. The number of hydrogen-bond acceptors (Lipinski definition) is 3. The van der Waals surface area contributed by atoms with Gasteiger partial charge in [-0.15, -0.1) is 11.3 Å². The van der Waals surface area contributed by atoms with Gasteiger partial charge in [0.2, 0.25) is 0 Å². The highest BCUT2D eigenvalue weighted by Crippen LogP contribution is 2.16. The third-order valence-corrected chi connectivity index (χ3v) is 3.81. The molecule has 0 saturated heterocycles. The van der Waals surface area contributed by atoms with Crippen LogP contribution in [0.25, 0.3) is 0 Å². The van der Waals surface area contributed by atoms with Crippen LogP contribution in [-0.4, -0.2) is 17.6 Å². The molecule has 21 heavy (non-hydrogen) atoms. The number of benzene rings is 1. The Morgan fingerprint density at radius 3 is 2.95 bits per heavy atom. The summed E-state index contributed by atoms with van der Waals surface area (Å²) in [4.78, 5) is 12.8. The van der Waals surface area contributed by atoms with Gasteiger partial charge in [0, 0.05) is 21.4 Å². The molecule has 0 saturated carbocycles. The van der Waals surface area contributed by atoms with Crippen LogP contribution >= 0.6 is 22.9 Å². The lowest BCUT2D eigenvalue weighted by Gasteiger charge is -2.04. The summed E-state index contributed by atoms with van der Waals surface area (Å²) in [6.07, 6.45) is 0. The smallest absolute Gasteiger partial charge is 0.251 e. The molecule has 0 aliphatic heterocycles. The highest BCUT2D eigenvalue weighted by atomic mass is 35.5. The first-order chi connectivity index (χ1) is 10.1. The maximum Gasteiger partial charge on any atom is 0.251 e. The Balaban J connectivity index is 1.97. The Morgan fingerprint density at radius 1 is 1.43 bits per heavy atom. The van der Waals surface area contributed by atoms with E-state index in [1.54, 1.807) is 0 Å². The lowest BCUT2D eigenvalue weighted by atomic mass is 10.2. The van der Waals surface area contributed by atoms with E-state index < -0.39 is 5.82 Å². The Labute approximate surface area is 130 Å². The van der Waals surface area contributed by atoms with Gasteiger partial charge in [-0.05, 0) is 24.3 Å². The zero-order valence-electron chi connectivity index (χ0n) is 10.8. The number of thiophene rings is 1. The maximum absolute atomic E-state index is 13.3. The van der Waals surface area contributed by atoms with Gasteiger partial charge in [-0.1, -0.05) is 23.4 Å². The fourth-order valence-corrected chi connectivity index (χ4v) is 2.46. The molecule has 0 radical (unpaired) electrons. The number of rotatable bonds is 3. The summed E-state index contributed by atoms with van der Waals surface area (Å²) in [6, 6.07) is 5.74. The number of carbonyl (C=O) groups is 1. The number of hydrogen-bond donors (Lipinski definition) is 2. The molecule has 0 fully saturated rings. The van der Waals surface area contributed by atoms with Crippen molar-refractivity contribution in [1.82, 2.24) is 5.32 Å². The van der Waals surface area contributed by atoms with Crippen molar-refractivity contribution in [3.63, 3.8) is 0 Å². The molecule has 108 valence electrons. The van der Waals surface area contributed by atoms with Crippen LogP contribution in [0.15, 0.2) is 29.6 Å². The van der Waals surface area contributed by atoms with Crippen LogP contribution in [0.1, 0.15) is 20.8 Å². The Kier molecular flexibility index (Phi) is 5.34. The topological polar surface area (TPSA) is 49.3 Å². The highest BCUT2D eigenvalue weighted by Gasteiger charge is 2.09. The molecule has 1 aromatic heterocycles. The minimum absolute atomic E-state index is 0.0168. The number of halogens is 2. The molecule has 0 unspecified atom stereocenters. The molecule has 0 aliphatic rings. The van der Waals surface area contributed by atoms with Crippen LogP contribution in [-0.2, 0) is 6.54 Å². The lowest BCUT2D eigenvalue weighted by Crippen LogP contribution is -2.22. The van der Waals surface area contributed by atoms with E-state index in [-0.39, 0.29) is 23.1 Å². The van der Waals surface area contributed by atoms with E-state index in [1.807, 2.05) is 11.4 Å². The van der Waals surface area contributed by atoms with Crippen LogP contribution in [0.5, 0.6) is 0 Å². The molecule has 6 heteroatoms. The molecule has 3 nitrogen and oxygen atoms in total. The van der Waals surface area contributed by atoms with Crippen molar-refractivity contribution in [1.29, 1.82) is 0 Å². The predicted molar refractivity (Wildman–Crippen MR) is 80.9 cm³/mol. The van der Waals surface area contributed by atoms with Gasteiger partial charge in [-0.25, -0.2) is 4.39 Å². The average Bonchev–Trinajstić information content (AvgIpc) is 2.93. The number of aliphatic hydroxyl groups is 1. The first kappa shape index (κ1) is 15.5. The van der Waals surface area contributed by atoms with Crippen molar-refractivity contribution in [2.45, 2.75) is 6.54 Å². The van der Waals surface area contributed by atoms with Crippen molar-refractivity contribution in [3.8, 4) is 11.8 Å². The molecule has 0 spiro atoms. The summed E-state index contributed by atoms with van der Waals surface area (Å²) < 4.78 is 13.3. The quantitative estimate of drug-likeness (QED) is 0.853.